The van der Waals surface area contributed by atoms with E-state index in [-0.39, 0.29) is 6.04 Å². The first-order valence-electron chi connectivity index (χ1n) is 6.64. The summed E-state index contributed by atoms with van der Waals surface area (Å²) >= 11 is 0. The van der Waals surface area contributed by atoms with Crippen LogP contribution in [0.2, 0.25) is 0 Å². The molecule has 0 aliphatic heterocycles. The van der Waals surface area contributed by atoms with Crippen molar-refractivity contribution in [3.63, 3.8) is 0 Å². The normalized spacial score (nSPS) is 13.0. The molecule has 96 valence electrons. The number of hydrogen-bond donors (Lipinski definition) is 2. The van der Waals surface area contributed by atoms with Gasteiger partial charge in [0.2, 0.25) is 0 Å². The maximum Gasteiger partial charge on any atom is 0.320 e. The van der Waals surface area contributed by atoms with Crippen molar-refractivity contribution in [1.29, 1.82) is 0 Å². The van der Waals surface area contributed by atoms with Gasteiger partial charge in [-0.3, -0.25) is 4.79 Å². The molecular weight excluding hydrogens is 202 g/mol. The van der Waals surface area contributed by atoms with Gasteiger partial charge in [-0.25, -0.2) is 0 Å². The van der Waals surface area contributed by atoms with E-state index >= 15 is 0 Å². The predicted molar refractivity (Wildman–Crippen MR) is 67.7 cm³/mol. The molecule has 0 rings (SSSR count). The van der Waals surface area contributed by atoms with Crippen LogP contribution < -0.4 is 5.32 Å². The molecule has 1 unspecified atom stereocenters. The van der Waals surface area contributed by atoms with Gasteiger partial charge >= 0.3 is 5.97 Å². The van der Waals surface area contributed by atoms with Crippen molar-refractivity contribution in [1.82, 2.24) is 5.32 Å². The zero-order valence-corrected chi connectivity index (χ0v) is 11.0. The lowest BCUT2D eigenvalue weighted by atomic mass is 10.0. The highest BCUT2D eigenvalue weighted by Crippen LogP contribution is 2.09. The topological polar surface area (TPSA) is 49.3 Å². The van der Waals surface area contributed by atoms with Crippen LogP contribution in [0, 0.1) is 0 Å². The molecule has 3 heteroatoms. The Balaban J connectivity index is 4.14. The molecule has 0 radical (unpaired) electrons. The Labute approximate surface area is 99.6 Å². The number of nitrogens with one attached hydrogen (secondary N) is 1. The lowest BCUT2D eigenvalue weighted by molar-refractivity contribution is -0.140. The zero-order valence-electron chi connectivity index (χ0n) is 11.0. The molecule has 0 heterocycles. The number of rotatable bonds is 10. The maximum atomic E-state index is 11.1. The molecule has 0 fully saturated rings. The van der Waals surface area contributed by atoms with E-state index in [0.29, 0.717) is 6.04 Å². The maximum absolute atomic E-state index is 11.1. The summed E-state index contributed by atoms with van der Waals surface area (Å²) < 4.78 is 0. The molecule has 0 spiro atoms. The SMILES string of the molecule is CCCCC(NC(CCC)CCC)C(=O)O. The van der Waals surface area contributed by atoms with Crippen LogP contribution in [0.5, 0.6) is 0 Å². The number of aliphatic carboxylic acids is 1. The number of carbonyl (C=O) groups is 1. The van der Waals surface area contributed by atoms with E-state index in [2.05, 4.69) is 26.1 Å². The van der Waals surface area contributed by atoms with Crippen LogP contribution in [0.4, 0.5) is 0 Å². The van der Waals surface area contributed by atoms with Crippen molar-refractivity contribution < 1.29 is 9.90 Å². The highest BCUT2D eigenvalue weighted by molar-refractivity contribution is 5.73. The molecule has 0 aromatic rings. The molecule has 0 saturated carbocycles. The van der Waals surface area contributed by atoms with Crippen molar-refractivity contribution in [3.05, 3.63) is 0 Å². The van der Waals surface area contributed by atoms with Crippen LogP contribution in [0.15, 0.2) is 0 Å². The Bertz CT molecular complexity index is 177. The van der Waals surface area contributed by atoms with Crippen molar-refractivity contribution in [2.75, 3.05) is 0 Å². The van der Waals surface area contributed by atoms with Crippen molar-refractivity contribution in [2.24, 2.45) is 0 Å². The van der Waals surface area contributed by atoms with E-state index in [1.807, 2.05) is 0 Å². The zero-order chi connectivity index (χ0) is 12.4. The molecule has 2 N–H and O–H groups in total. The van der Waals surface area contributed by atoms with Gasteiger partial charge in [-0.1, -0.05) is 46.5 Å². The quantitative estimate of drug-likeness (QED) is 0.605. The molecule has 3 nitrogen and oxygen atoms in total. The molecular formula is C13H27NO2. The van der Waals surface area contributed by atoms with Crippen LogP contribution in [-0.2, 0) is 4.79 Å². The molecule has 0 aromatic carbocycles. The van der Waals surface area contributed by atoms with E-state index < -0.39 is 5.97 Å². The summed E-state index contributed by atoms with van der Waals surface area (Å²) in [5.74, 6) is -0.703. The summed E-state index contributed by atoms with van der Waals surface area (Å²) in [4.78, 5) is 11.1. The second-order valence-electron chi connectivity index (χ2n) is 4.47. The Morgan fingerprint density at radius 1 is 1.06 bits per heavy atom. The second-order valence-corrected chi connectivity index (χ2v) is 4.47. The summed E-state index contributed by atoms with van der Waals surface area (Å²) in [6.07, 6.45) is 7.14. The second kappa shape index (κ2) is 9.64. The highest BCUT2D eigenvalue weighted by Gasteiger charge is 2.19. The summed E-state index contributed by atoms with van der Waals surface area (Å²) in [5, 5.41) is 12.4. The minimum Gasteiger partial charge on any atom is -0.480 e. The molecule has 1 atom stereocenters. The van der Waals surface area contributed by atoms with Crippen LogP contribution in [0.3, 0.4) is 0 Å². The molecule has 0 bridgehead atoms. The lowest BCUT2D eigenvalue weighted by Crippen LogP contribution is -2.43. The van der Waals surface area contributed by atoms with Gasteiger partial charge in [-0.05, 0) is 19.3 Å². The summed E-state index contributed by atoms with van der Waals surface area (Å²) in [6, 6.07) is 0.0102. The summed E-state index contributed by atoms with van der Waals surface area (Å²) in [5.41, 5.74) is 0. The fourth-order valence-electron chi connectivity index (χ4n) is 1.98. The Morgan fingerprint density at radius 2 is 1.62 bits per heavy atom. The van der Waals surface area contributed by atoms with Gasteiger partial charge in [-0.15, -0.1) is 0 Å². The summed E-state index contributed by atoms with van der Waals surface area (Å²) in [7, 11) is 0. The van der Waals surface area contributed by atoms with Crippen molar-refractivity contribution in [3.8, 4) is 0 Å². The van der Waals surface area contributed by atoms with Crippen LogP contribution >= 0.6 is 0 Å². The fourth-order valence-corrected chi connectivity index (χ4v) is 1.98. The molecule has 0 aliphatic carbocycles. The van der Waals surface area contributed by atoms with Crippen LogP contribution in [0.25, 0.3) is 0 Å². The smallest absolute Gasteiger partial charge is 0.320 e. The third-order valence-electron chi connectivity index (χ3n) is 2.86. The minimum atomic E-state index is -0.703. The van der Waals surface area contributed by atoms with Crippen LogP contribution in [0.1, 0.15) is 65.7 Å². The van der Waals surface area contributed by atoms with Gasteiger partial charge < -0.3 is 10.4 Å². The van der Waals surface area contributed by atoms with Gasteiger partial charge in [0.25, 0.3) is 0 Å². The Morgan fingerprint density at radius 3 is 2.00 bits per heavy atom. The molecule has 16 heavy (non-hydrogen) atoms. The average Bonchev–Trinajstić information content (AvgIpc) is 2.24. The number of carboxylic acids is 1. The molecule has 0 amide bonds. The van der Waals surface area contributed by atoms with Gasteiger partial charge in [0.1, 0.15) is 6.04 Å². The molecule has 0 saturated heterocycles. The molecule has 0 aromatic heterocycles. The highest BCUT2D eigenvalue weighted by atomic mass is 16.4. The molecule has 0 aliphatic rings. The average molecular weight is 229 g/mol. The monoisotopic (exact) mass is 229 g/mol. The van der Waals surface area contributed by atoms with E-state index in [9.17, 15) is 4.79 Å². The fraction of sp³-hybridized carbons (Fsp3) is 0.923. The predicted octanol–water partition coefficient (Wildman–Crippen LogP) is 3.19. The third-order valence-corrected chi connectivity index (χ3v) is 2.86. The third kappa shape index (κ3) is 6.83. The van der Waals surface area contributed by atoms with Gasteiger partial charge in [0.05, 0.1) is 0 Å². The Kier molecular flexibility index (Phi) is 9.30. The first-order chi connectivity index (χ1) is 7.65. The van der Waals surface area contributed by atoms with E-state index in [1.54, 1.807) is 0 Å². The first kappa shape index (κ1) is 15.4. The number of unbranched alkanes of at least 4 members (excludes halogenated alkanes) is 1. The van der Waals surface area contributed by atoms with E-state index in [0.717, 1.165) is 44.9 Å². The lowest BCUT2D eigenvalue weighted by Gasteiger charge is -2.22. The number of hydrogen-bond acceptors (Lipinski definition) is 2. The standard InChI is InChI=1S/C13H27NO2/c1-4-7-10-12(13(15)16)14-11(8-5-2)9-6-3/h11-12,14H,4-10H2,1-3H3,(H,15,16). The van der Waals surface area contributed by atoms with Gasteiger partial charge in [0, 0.05) is 6.04 Å². The van der Waals surface area contributed by atoms with E-state index in [1.165, 1.54) is 0 Å². The van der Waals surface area contributed by atoms with Crippen LogP contribution in [-0.4, -0.2) is 23.2 Å². The summed E-state index contributed by atoms with van der Waals surface area (Å²) in [6.45, 7) is 6.38. The largest absolute Gasteiger partial charge is 0.480 e. The number of carboxylic acid groups (broad SMARTS) is 1. The minimum absolute atomic E-state index is 0.358. The van der Waals surface area contributed by atoms with Gasteiger partial charge in [0.15, 0.2) is 0 Å². The van der Waals surface area contributed by atoms with Crippen molar-refractivity contribution >= 4 is 5.97 Å². The van der Waals surface area contributed by atoms with E-state index in [4.69, 9.17) is 5.11 Å². The first-order valence-corrected chi connectivity index (χ1v) is 6.64. The van der Waals surface area contributed by atoms with Crippen molar-refractivity contribution in [2.45, 2.75) is 77.8 Å². The van der Waals surface area contributed by atoms with Gasteiger partial charge in [-0.2, -0.15) is 0 Å². The Hall–Kier alpha value is -0.570.